The number of hydroxylamine groups is 1. The maximum Gasteiger partial charge on any atom is 0.317 e. The summed E-state index contributed by atoms with van der Waals surface area (Å²) in [6.07, 6.45) is 1.27. The molecule has 1 saturated heterocycles. The molecule has 0 bridgehead atoms. The average molecular weight is 790 g/mol. The number of aliphatic carboxylic acids is 3. The third-order valence-electron chi connectivity index (χ3n) is 9.57. The van der Waals surface area contributed by atoms with Crippen molar-refractivity contribution in [2.75, 3.05) is 78.5 Å². The van der Waals surface area contributed by atoms with Crippen LogP contribution in [0, 0.1) is 0 Å². The Balaban J connectivity index is 1.30. The summed E-state index contributed by atoms with van der Waals surface area (Å²) in [4.78, 5) is 73.4. The minimum absolute atomic E-state index is 0.0243. The van der Waals surface area contributed by atoms with E-state index < -0.39 is 23.9 Å². The lowest BCUT2D eigenvalue weighted by atomic mass is 10.0. The summed E-state index contributed by atoms with van der Waals surface area (Å²) in [7, 11) is 0. The number of hydrogen-bond acceptors (Lipinski definition) is 11. The number of carboxylic acid groups (broad SMARTS) is 3. The lowest BCUT2D eigenvalue weighted by Gasteiger charge is -2.32. The van der Waals surface area contributed by atoms with Gasteiger partial charge in [0.25, 0.3) is 5.91 Å². The van der Waals surface area contributed by atoms with Crippen LogP contribution < -0.4 is 16.1 Å². The molecule has 2 amide bonds. The van der Waals surface area contributed by atoms with Gasteiger partial charge in [-0.25, -0.2) is 5.48 Å². The Morgan fingerprint density at radius 1 is 0.544 bits per heavy atom. The summed E-state index contributed by atoms with van der Waals surface area (Å²) in [5.41, 5.74) is 6.50. The molecule has 3 aromatic carbocycles. The van der Waals surface area contributed by atoms with Crippen molar-refractivity contribution in [3.63, 3.8) is 0 Å². The van der Waals surface area contributed by atoms with E-state index in [1.807, 2.05) is 89.8 Å². The second-order valence-corrected chi connectivity index (χ2v) is 14.1. The Morgan fingerprint density at radius 2 is 0.965 bits per heavy atom. The minimum Gasteiger partial charge on any atom is -0.480 e. The van der Waals surface area contributed by atoms with Gasteiger partial charge in [-0.3, -0.25) is 48.4 Å². The van der Waals surface area contributed by atoms with Crippen LogP contribution in [0.5, 0.6) is 0 Å². The molecule has 57 heavy (non-hydrogen) atoms. The lowest BCUT2D eigenvalue weighted by Crippen LogP contribution is -2.49. The zero-order valence-corrected chi connectivity index (χ0v) is 32.3. The van der Waals surface area contributed by atoms with Crippen LogP contribution in [0.2, 0.25) is 0 Å². The van der Waals surface area contributed by atoms with Gasteiger partial charge in [0.05, 0.1) is 38.8 Å². The Labute approximate surface area is 333 Å². The zero-order valence-electron chi connectivity index (χ0n) is 32.3. The number of carbonyl (C=O) groups excluding carboxylic acids is 2. The fraction of sp³-hybridized carbons (Fsp3) is 0.439. The fourth-order valence-corrected chi connectivity index (χ4v) is 6.38. The van der Waals surface area contributed by atoms with Gasteiger partial charge in [0.15, 0.2) is 0 Å². The largest absolute Gasteiger partial charge is 0.480 e. The predicted molar refractivity (Wildman–Crippen MR) is 212 cm³/mol. The number of carboxylic acids is 3. The van der Waals surface area contributed by atoms with Crippen LogP contribution in [-0.4, -0.2) is 149 Å². The van der Waals surface area contributed by atoms with Crippen LogP contribution in [0.3, 0.4) is 0 Å². The molecule has 3 aromatic rings. The summed E-state index contributed by atoms with van der Waals surface area (Å²) in [5, 5.41) is 34.6. The lowest BCUT2D eigenvalue weighted by molar-refractivity contribution is -0.140. The van der Waals surface area contributed by atoms with E-state index >= 15 is 0 Å². The number of nitrogens with zero attached hydrogens (tertiary/aromatic N) is 4. The minimum atomic E-state index is -1.02. The molecule has 1 fully saturated rings. The highest BCUT2D eigenvalue weighted by atomic mass is 16.6. The highest BCUT2D eigenvalue weighted by molar-refractivity contribution is 5.80. The van der Waals surface area contributed by atoms with Gasteiger partial charge < -0.3 is 26.0 Å². The maximum atomic E-state index is 13.2. The highest BCUT2D eigenvalue weighted by Gasteiger charge is 2.22. The first-order valence-electron chi connectivity index (χ1n) is 19.1. The van der Waals surface area contributed by atoms with Gasteiger partial charge in [0.2, 0.25) is 5.91 Å². The SMILES string of the molecule is O=C(O)CN1CCN(CC(=O)O)CCN(CC(=O)NCc2ccc(CNC(CCc3ccccc3)C(=O)NOCc3ccccc3)cc2)CCN(CC(=O)O)CC1. The first-order chi connectivity index (χ1) is 27.5. The number of nitrogens with one attached hydrogen (secondary N) is 3. The molecular formula is C41H55N7O9. The van der Waals surface area contributed by atoms with Crippen molar-refractivity contribution in [2.45, 2.75) is 38.6 Å². The number of hydrogen-bond donors (Lipinski definition) is 6. The average Bonchev–Trinajstić information content (AvgIpc) is 3.18. The molecule has 16 nitrogen and oxygen atoms in total. The van der Waals surface area contributed by atoms with E-state index in [2.05, 4.69) is 16.1 Å². The molecule has 1 aliphatic heterocycles. The Morgan fingerprint density at radius 3 is 1.42 bits per heavy atom. The second kappa shape index (κ2) is 24.4. The smallest absolute Gasteiger partial charge is 0.317 e. The molecule has 0 spiro atoms. The van der Waals surface area contributed by atoms with E-state index in [4.69, 9.17) is 4.84 Å². The molecular weight excluding hydrogens is 734 g/mol. The van der Waals surface area contributed by atoms with E-state index in [9.17, 15) is 39.3 Å². The van der Waals surface area contributed by atoms with E-state index in [1.54, 1.807) is 14.7 Å². The molecule has 308 valence electrons. The number of benzene rings is 3. The van der Waals surface area contributed by atoms with Gasteiger partial charge in [-0.2, -0.15) is 0 Å². The van der Waals surface area contributed by atoms with Crippen molar-refractivity contribution in [1.82, 2.24) is 35.7 Å². The number of carbonyl (C=O) groups is 5. The summed E-state index contributed by atoms with van der Waals surface area (Å²) in [5.74, 6) is -3.54. The normalized spacial score (nSPS) is 15.8. The molecule has 1 aliphatic rings. The molecule has 1 unspecified atom stereocenters. The van der Waals surface area contributed by atoms with Crippen molar-refractivity contribution in [3.8, 4) is 0 Å². The molecule has 6 N–H and O–H groups in total. The topological polar surface area (TPSA) is 204 Å². The van der Waals surface area contributed by atoms with Gasteiger partial charge >= 0.3 is 17.9 Å². The van der Waals surface area contributed by atoms with Gasteiger partial charge in [0, 0.05) is 65.4 Å². The number of aryl methyl sites for hydroxylation is 1. The summed E-state index contributed by atoms with van der Waals surface area (Å²) >= 11 is 0. The van der Waals surface area contributed by atoms with Crippen molar-refractivity contribution < 1.29 is 44.1 Å². The monoisotopic (exact) mass is 789 g/mol. The number of rotatable bonds is 20. The fourth-order valence-electron chi connectivity index (χ4n) is 6.38. The van der Waals surface area contributed by atoms with Gasteiger partial charge in [-0.1, -0.05) is 84.9 Å². The summed E-state index contributed by atoms with van der Waals surface area (Å²) < 4.78 is 0. The van der Waals surface area contributed by atoms with Crippen LogP contribution in [0.15, 0.2) is 84.9 Å². The van der Waals surface area contributed by atoms with Crippen molar-refractivity contribution in [2.24, 2.45) is 0 Å². The van der Waals surface area contributed by atoms with Crippen LogP contribution >= 0.6 is 0 Å². The van der Waals surface area contributed by atoms with E-state index in [0.29, 0.717) is 71.7 Å². The molecule has 0 radical (unpaired) electrons. The van der Waals surface area contributed by atoms with E-state index in [1.165, 1.54) is 0 Å². The van der Waals surface area contributed by atoms with Crippen molar-refractivity contribution in [1.29, 1.82) is 0 Å². The summed E-state index contributed by atoms with van der Waals surface area (Å²) in [6, 6.07) is 26.7. The second-order valence-electron chi connectivity index (χ2n) is 14.1. The molecule has 0 aromatic heterocycles. The summed E-state index contributed by atoms with van der Waals surface area (Å²) in [6.45, 7) is 2.82. The van der Waals surface area contributed by atoms with Gasteiger partial charge in [0.1, 0.15) is 0 Å². The van der Waals surface area contributed by atoms with E-state index in [-0.39, 0.29) is 51.1 Å². The Hall–Kier alpha value is -5.23. The van der Waals surface area contributed by atoms with E-state index in [0.717, 1.165) is 22.3 Å². The molecule has 4 rings (SSSR count). The standard InChI is InChI=1S/C41H55N7O9/c49-37(27-45-17-19-46(28-38(50)51)21-23-48(30-40(54)55)24-22-47(20-18-45)29-39(52)53)43-26-34-13-11-33(12-14-34)25-42-36(16-15-32-7-3-1-4-8-32)41(56)44-57-31-35-9-5-2-6-10-35/h1-14,36,42H,15-31H2,(H,43,49)(H,44,56)(H,50,51)(H,52,53)(H,54,55). The molecule has 16 heteroatoms. The quantitative estimate of drug-likeness (QED) is 0.0889. The predicted octanol–water partition coefficient (Wildman–Crippen LogP) is 1.12. The third kappa shape index (κ3) is 18.1. The molecule has 0 saturated carbocycles. The highest BCUT2D eigenvalue weighted by Crippen LogP contribution is 2.10. The van der Waals surface area contributed by atoms with Gasteiger partial charge in [-0.15, -0.1) is 0 Å². The first kappa shape index (κ1) is 44.5. The van der Waals surface area contributed by atoms with Crippen LogP contribution in [-0.2, 0) is 54.9 Å². The Kier molecular flexibility index (Phi) is 19.1. The first-order valence-corrected chi connectivity index (χ1v) is 19.1. The third-order valence-corrected chi connectivity index (χ3v) is 9.57. The molecule has 1 atom stereocenters. The number of amides is 2. The maximum absolute atomic E-state index is 13.2. The van der Waals surface area contributed by atoms with Crippen LogP contribution in [0.4, 0.5) is 0 Å². The Bertz CT molecular complexity index is 1670. The molecule has 0 aliphatic carbocycles. The van der Waals surface area contributed by atoms with Crippen LogP contribution in [0.1, 0.15) is 28.7 Å². The molecule has 1 heterocycles. The van der Waals surface area contributed by atoms with Crippen molar-refractivity contribution in [3.05, 3.63) is 107 Å². The van der Waals surface area contributed by atoms with Crippen LogP contribution in [0.25, 0.3) is 0 Å². The zero-order chi connectivity index (χ0) is 40.8. The van der Waals surface area contributed by atoms with Gasteiger partial charge in [-0.05, 0) is 35.1 Å². The van der Waals surface area contributed by atoms with Crippen molar-refractivity contribution >= 4 is 29.7 Å².